The van der Waals surface area contributed by atoms with E-state index in [0.29, 0.717) is 5.69 Å². The number of halogens is 1. The number of hydrogen-bond donors (Lipinski definition) is 3. The average molecular weight is 337 g/mol. The second-order valence-corrected chi connectivity index (χ2v) is 5.18. The maximum Gasteiger partial charge on any atom is 0.322 e. The molecule has 0 radical (unpaired) electrons. The summed E-state index contributed by atoms with van der Waals surface area (Å²) in [6.45, 7) is 1.39. The summed E-state index contributed by atoms with van der Waals surface area (Å²) < 4.78 is 17.7. The molecule has 3 N–H and O–H groups in total. The highest BCUT2D eigenvalue weighted by Crippen LogP contribution is 2.10. The first-order valence-electron chi connectivity index (χ1n) is 7.22. The summed E-state index contributed by atoms with van der Waals surface area (Å²) in [6, 6.07) is 3.74. The molecule has 1 aromatic carbocycles. The molecule has 128 valence electrons. The van der Waals surface area contributed by atoms with Crippen LogP contribution in [0, 0.1) is 5.82 Å². The van der Waals surface area contributed by atoms with Gasteiger partial charge in [0.15, 0.2) is 6.10 Å². The fourth-order valence-electron chi connectivity index (χ4n) is 2.01. The lowest BCUT2D eigenvalue weighted by atomic mass is 10.1. The molecule has 0 aromatic heterocycles. The number of nitrogens with one attached hydrogen (secondary N) is 3. The molecule has 0 spiro atoms. The van der Waals surface area contributed by atoms with E-state index in [0.717, 1.165) is 0 Å². The molecule has 0 aliphatic carbocycles. The number of esters is 1. The molecule has 1 aliphatic heterocycles. The SMILES string of the molecule is C[C@H](OC(=O)CC[C@H]1NC(=O)NC1=O)C(=O)Nc1ccc(F)cc1. The summed E-state index contributed by atoms with van der Waals surface area (Å²) in [5, 5.41) is 6.88. The van der Waals surface area contributed by atoms with Crippen LogP contribution in [0.3, 0.4) is 0 Å². The Bertz CT molecular complexity index is 662. The van der Waals surface area contributed by atoms with Gasteiger partial charge in [0.2, 0.25) is 0 Å². The fraction of sp³-hybridized carbons (Fsp3) is 0.333. The lowest BCUT2D eigenvalue weighted by Gasteiger charge is -2.14. The molecule has 4 amide bonds. The number of carbonyl (C=O) groups excluding carboxylic acids is 4. The summed E-state index contributed by atoms with van der Waals surface area (Å²) >= 11 is 0. The van der Waals surface area contributed by atoms with Gasteiger partial charge in [-0.2, -0.15) is 0 Å². The Morgan fingerprint density at radius 1 is 1.29 bits per heavy atom. The summed E-state index contributed by atoms with van der Waals surface area (Å²) in [5.41, 5.74) is 0.370. The van der Waals surface area contributed by atoms with Gasteiger partial charge in [0.25, 0.3) is 11.8 Å². The third-order valence-corrected chi connectivity index (χ3v) is 3.28. The van der Waals surface area contributed by atoms with E-state index in [2.05, 4.69) is 10.6 Å². The Morgan fingerprint density at radius 2 is 1.96 bits per heavy atom. The van der Waals surface area contributed by atoms with Gasteiger partial charge in [0.1, 0.15) is 11.9 Å². The minimum atomic E-state index is -1.06. The third kappa shape index (κ3) is 4.77. The van der Waals surface area contributed by atoms with Gasteiger partial charge in [0.05, 0.1) is 0 Å². The molecule has 0 unspecified atom stereocenters. The van der Waals surface area contributed by atoms with Gasteiger partial charge in [-0.25, -0.2) is 9.18 Å². The van der Waals surface area contributed by atoms with E-state index in [9.17, 15) is 23.6 Å². The van der Waals surface area contributed by atoms with Crippen LogP contribution in [0.25, 0.3) is 0 Å². The quantitative estimate of drug-likeness (QED) is 0.522. The molecule has 1 aliphatic rings. The number of urea groups is 1. The number of ether oxygens (including phenoxy) is 1. The molecular weight excluding hydrogens is 321 g/mol. The van der Waals surface area contributed by atoms with Gasteiger partial charge in [0, 0.05) is 12.1 Å². The molecule has 1 fully saturated rings. The number of amides is 4. The lowest BCUT2D eigenvalue weighted by molar-refractivity contribution is -0.153. The number of benzene rings is 1. The molecule has 24 heavy (non-hydrogen) atoms. The minimum absolute atomic E-state index is 0.0721. The topological polar surface area (TPSA) is 114 Å². The number of hydrogen-bond acceptors (Lipinski definition) is 5. The van der Waals surface area contributed by atoms with Crippen molar-refractivity contribution in [3.8, 4) is 0 Å². The molecule has 1 aromatic rings. The molecule has 0 bridgehead atoms. The van der Waals surface area contributed by atoms with Crippen LogP contribution in [0.4, 0.5) is 14.9 Å². The predicted molar refractivity (Wildman–Crippen MR) is 80.3 cm³/mol. The van der Waals surface area contributed by atoms with Crippen molar-refractivity contribution < 1.29 is 28.3 Å². The van der Waals surface area contributed by atoms with Gasteiger partial charge in [-0.05, 0) is 37.6 Å². The van der Waals surface area contributed by atoms with Crippen molar-refractivity contribution in [2.24, 2.45) is 0 Å². The normalized spacial score (nSPS) is 17.7. The Kier molecular flexibility index (Phi) is 5.46. The Hall–Kier alpha value is -2.97. The lowest BCUT2D eigenvalue weighted by Crippen LogP contribution is -2.32. The number of rotatable bonds is 6. The van der Waals surface area contributed by atoms with Crippen molar-refractivity contribution in [3.05, 3.63) is 30.1 Å². The van der Waals surface area contributed by atoms with Gasteiger partial charge >= 0.3 is 12.0 Å². The van der Waals surface area contributed by atoms with E-state index >= 15 is 0 Å². The number of carbonyl (C=O) groups is 4. The van der Waals surface area contributed by atoms with Crippen LogP contribution in [0.2, 0.25) is 0 Å². The number of imide groups is 1. The summed E-state index contributed by atoms with van der Waals surface area (Å²) in [5.74, 6) is -2.18. The largest absolute Gasteiger partial charge is 0.453 e. The molecule has 2 rings (SSSR count). The maximum atomic E-state index is 12.8. The Labute approximate surface area is 136 Å². The second-order valence-electron chi connectivity index (χ2n) is 5.18. The van der Waals surface area contributed by atoms with Crippen molar-refractivity contribution in [3.63, 3.8) is 0 Å². The molecule has 9 heteroatoms. The molecular formula is C15H16FN3O5. The summed E-state index contributed by atoms with van der Waals surface area (Å²) in [6.07, 6.45) is -1.12. The zero-order valence-corrected chi connectivity index (χ0v) is 12.8. The van der Waals surface area contributed by atoms with Gasteiger partial charge in [-0.3, -0.25) is 19.7 Å². The van der Waals surface area contributed by atoms with E-state index in [4.69, 9.17) is 4.74 Å². The smallest absolute Gasteiger partial charge is 0.322 e. The zero-order valence-electron chi connectivity index (χ0n) is 12.8. The van der Waals surface area contributed by atoms with Crippen LogP contribution >= 0.6 is 0 Å². The molecule has 8 nitrogen and oxygen atoms in total. The highest BCUT2D eigenvalue weighted by atomic mass is 19.1. The number of anilines is 1. The predicted octanol–water partition coefficient (Wildman–Crippen LogP) is 0.684. The van der Waals surface area contributed by atoms with Crippen LogP contribution in [0.15, 0.2) is 24.3 Å². The fourth-order valence-corrected chi connectivity index (χ4v) is 2.01. The van der Waals surface area contributed by atoms with Crippen LogP contribution in [-0.4, -0.2) is 36.0 Å². The Balaban J connectivity index is 1.76. The van der Waals surface area contributed by atoms with E-state index in [1.807, 2.05) is 5.32 Å². The molecule has 1 saturated heterocycles. The van der Waals surface area contributed by atoms with E-state index < -0.39 is 41.8 Å². The Morgan fingerprint density at radius 3 is 2.54 bits per heavy atom. The van der Waals surface area contributed by atoms with Gasteiger partial charge in [-0.1, -0.05) is 0 Å². The monoisotopic (exact) mass is 337 g/mol. The molecule has 0 saturated carbocycles. The minimum Gasteiger partial charge on any atom is -0.453 e. The van der Waals surface area contributed by atoms with Crippen LogP contribution in [-0.2, 0) is 19.1 Å². The van der Waals surface area contributed by atoms with E-state index in [1.54, 1.807) is 0 Å². The zero-order chi connectivity index (χ0) is 17.7. The van der Waals surface area contributed by atoms with Crippen molar-refractivity contribution in [2.75, 3.05) is 5.32 Å². The van der Waals surface area contributed by atoms with Crippen LogP contribution in [0.1, 0.15) is 19.8 Å². The average Bonchev–Trinajstić information content (AvgIpc) is 2.85. The van der Waals surface area contributed by atoms with Crippen molar-refractivity contribution >= 4 is 29.5 Å². The van der Waals surface area contributed by atoms with Gasteiger partial charge < -0.3 is 15.4 Å². The first-order chi connectivity index (χ1) is 11.3. The van der Waals surface area contributed by atoms with Crippen LogP contribution in [0.5, 0.6) is 0 Å². The van der Waals surface area contributed by atoms with Crippen LogP contribution < -0.4 is 16.0 Å². The van der Waals surface area contributed by atoms with Crippen molar-refractivity contribution in [1.82, 2.24) is 10.6 Å². The second kappa shape index (κ2) is 7.53. The first-order valence-corrected chi connectivity index (χ1v) is 7.22. The third-order valence-electron chi connectivity index (χ3n) is 3.28. The van der Waals surface area contributed by atoms with Crippen molar-refractivity contribution in [2.45, 2.75) is 31.9 Å². The highest BCUT2D eigenvalue weighted by Gasteiger charge is 2.30. The standard InChI is InChI=1S/C15H16FN3O5/c1-8(13(21)17-10-4-2-9(16)3-5-10)24-12(20)7-6-11-14(22)19-15(23)18-11/h2-5,8,11H,6-7H2,1H3,(H,17,21)(H2,18,19,22,23)/t8-,11+/m0/s1. The first kappa shape index (κ1) is 17.4. The molecule has 1 heterocycles. The van der Waals surface area contributed by atoms with E-state index in [1.165, 1.54) is 31.2 Å². The highest BCUT2D eigenvalue weighted by molar-refractivity contribution is 6.04. The van der Waals surface area contributed by atoms with Gasteiger partial charge in [-0.15, -0.1) is 0 Å². The summed E-state index contributed by atoms with van der Waals surface area (Å²) in [7, 11) is 0. The maximum absolute atomic E-state index is 12.8. The molecule has 2 atom stereocenters. The van der Waals surface area contributed by atoms with E-state index in [-0.39, 0.29) is 12.8 Å². The van der Waals surface area contributed by atoms with Crippen molar-refractivity contribution in [1.29, 1.82) is 0 Å². The summed E-state index contributed by atoms with van der Waals surface area (Å²) in [4.78, 5) is 45.8.